The second kappa shape index (κ2) is 14.8. The van der Waals surface area contributed by atoms with Crippen LogP contribution in [0.25, 0.3) is 78.5 Å². The smallest absolute Gasteiger partial charge is 0.160 e. The van der Waals surface area contributed by atoms with Crippen LogP contribution in [0.4, 0.5) is 0 Å². The van der Waals surface area contributed by atoms with E-state index in [2.05, 4.69) is 189 Å². The Labute approximate surface area is 366 Å². The highest BCUT2D eigenvalue weighted by Gasteiger charge is 2.51. The van der Waals surface area contributed by atoms with Gasteiger partial charge in [-0.25, -0.2) is 9.97 Å². The first kappa shape index (κ1) is 36.6. The van der Waals surface area contributed by atoms with E-state index in [9.17, 15) is 0 Å². The third-order valence-corrected chi connectivity index (χ3v) is 12.7. The Kier molecular flexibility index (Phi) is 8.58. The SMILES string of the molecule is Cc1ccnc(-c2ccccc2-c2ccc(-c3cccc4c3-c3ccc(-c5cc(-c6ccccc6)nc(-c6ccccc6)n5)cc3C43c4ccccc4Oc4ccccc43)cc2)c1. The third kappa shape index (κ3) is 5.94. The molecule has 0 saturated carbocycles. The van der Waals surface area contributed by atoms with Crippen molar-refractivity contribution in [1.29, 1.82) is 0 Å². The summed E-state index contributed by atoms with van der Waals surface area (Å²) < 4.78 is 6.73. The van der Waals surface area contributed by atoms with Gasteiger partial charge in [0, 0.05) is 39.6 Å². The normalized spacial score (nSPS) is 12.8. The first-order valence-corrected chi connectivity index (χ1v) is 21.4. The Morgan fingerprint density at radius 1 is 0.365 bits per heavy atom. The van der Waals surface area contributed by atoms with Gasteiger partial charge in [-0.2, -0.15) is 0 Å². The van der Waals surface area contributed by atoms with Gasteiger partial charge in [-0.3, -0.25) is 4.98 Å². The van der Waals surface area contributed by atoms with E-state index in [0.29, 0.717) is 5.82 Å². The minimum Gasteiger partial charge on any atom is -0.457 e. The van der Waals surface area contributed by atoms with Gasteiger partial charge >= 0.3 is 0 Å². The standard InChI is InChI=1S/C59H39N3O/c1-38-33-34-60-54(35-38)46-20-9-8-19-44(46)39-27-29-40(30-28-39)45-21-14-24-50-57(45)47-32-31-43(36-51(47)59(50)48-22-10-12-25-55(48)63-56-26-13-11-23-49(56)59)53-37-52(41-15-4-2-5-16-41)61-58(62-53)42-17-6-3-7-18-42/h2-37H,1H3. The van der Waals surface area contributed by atoms with Gasteiger partial charge in [0.15, 0.2) is 5.82 Å². The number of ether oxygens (including phenoxy) is 1. The maximum absolute atomic E-state index is 6.73. The summed E-state index contributed by atoms with van der Waals surface area (Å²) in [6, 6.07) is 75.4. The molecule has 1 spiro atoms. The zero-order valence-electron chi connectivity index (χ0n) is 34.5. The lowest BCUT2D eigenvalue weighted by Gasteiger charge is -2.39. The molecule has 2 aromatic heterocycles. The summed E-state index contributed by atoms with van der Waals surface area (Å²) in [6.07, 6.45) is 1.89. The maximum atomic E-state index is 6.73. The predicted molar refractivity (Wildman–Crippen MR) is 255 cm³/mol. The lowest BCUT2D eigenvalue weighted by atomic mass is 9.66. The molecule has 0 saturated heterocycles. The molecule has 1 aliphatic heterocycles. The van der Waals surface area contributed by atoms with Crippen molar-refractivity contribution in [2.45, 2.75) is 12.3 Å². The number of fused-ring (bicyclic) bond motifs is 9. The molecule has 0 N–H and O–H groups in total. The summed E-state index contributed by atoms with van der Waals surface area (Å²) in [5.74, 6) is 2.41. The Bertz CT molecular complexity index is 3270. The molecule has 10 aromatic rings. The van der Waals surface area contributed by atoms with Gasteiger partial charge in [0.25, 0.3) is 0 Å². The Hall–Kier alpha value is -8.21. The van der Waals surface area contributed by atoms with Crippen molar-refractivity contribution in [3.05, 3.63) is 246 Å². The number of hydrogen-bond acceptors (Lipinski definition) is 4. The van der Waals surface area contributed by atoms with Gasteiger partial charge in [0.2, 0.25) is 0 Å². The molecule has 2 aliphatic rings. The van der Waals surface area contributed by atoms with Crippen LogP contribution in [0.3, 0.4) is 0 Å². The van der Waals surface area contributed by atoms with E-state index in [1.807, 2.05) is 36.5 Å². The predicted octanol–water partition coefficient (Wildman–Crippen LogP) is 14.7. The van der Waals surface area contributed by atoms with Crippen molar-refractivity contribution in [1.82, 2.24) is 15.0 Å². The van der Waals surface area contributed by atoms with E-state index >= 15 is 0 Å². The second-order valence-corrected chi connectivity index (χ2v) is 16.4. The molecule has 4 heteroatoms. The topological polar surface area (TPSA) is 47.9 Å². The van der Waals surface area contributed by atoms with E-state index in [1.54, 1.807) is 0 Å². The van der Waals surface area contributed by atoms with Crippen molar-refractivity contribution in [3.8, 4) is 90.0 Å². The van der Waals surface area contributed by atoms with Crippen LogP contribution in [0.15, 0.2) is 219 Å². The van der Waals surface area contributed by atoms with Crippen LogP contribution in [0.5, 0.6) is 11.5 Å². The van der Waals surface area contributed by atoms with Gasteiger partial charge in [0.05, 0.1) is 22.5 Å². The van der Waals surface area contributed by atoms with Crippen LogP contribution in [0, 0.1) is 6.92 Å². The highest BCUT2D eigenvalue weighted by Crippen LogP contribution is 2.63. The van der Waals surface area contributed by atoms with Crippen LogP contribution >= 0.6 is 0 Å². The van der Waals surface area contributed by atoms with E-state index in [1.165, 1.54) is 33.4 Å². The van der Waals surface area contributed by atoms with E-state index in [4.69, 9.17) is 19.7 Å². The molecule has 0 radical (unpaired) electrons. The molecule has 63 heavy (non-hydrogen) atoms. The molecular weight excluding hydrogens is 767 g/mol. The average molecular weight is 806 g/mol. The highest BCUT2D eigenvalue weighted by atomic mass is 16.5. The summed E-state index contributed by atoms with van der Waals surface area (Å²) in [5, 5.41) is 0. The van der Waals surface area contributed by atoms with Crippen molar-refractivity contribution < 1.29 is 4.74 Å². The number of benzene rings is 8. The van der Waals surface area contributed by atoms with Crippen molar-refractivity contribution in [3.63, 3.8) is 0 Å². The van der Waals surface area contributed by atoms with Gasteiger partial charge < -0.3 is 4.74 Å². The van der Waals surface area contributed by atoms with E-state index < -0.39 is 5.41 Å². The molecule has 3 heterocycles. The molecule has 4 nitrogen and oxygen atoms in total. The molecule has 0 unspecified atom stereocenters. The monoisotopic (exact) mass is 805 g/mol. The van der Waals surface area contributed by atoms with E-state index in [0.717, 1.165) is 78.7 Å². The summed E-state index contributed by atoms with van der Waals surface area (Å²) in [5.41, 5.74) is 19.1. The van der Waals surface area contributed by atoms with Crippen molar-refractivity contribution >= 4 is 0 Å². The zero-order valence-corrected chi connectivity index (χ0v) is 34.5. The molecule has 1 aliphatic carbocycles. The zero-order chi connectivity index (χ0) is 41.9. The molecular formula is C59H39N3O. The molecule has 0 bridgehead atoms. The fraction of sp³-hybridized carbons (Fsp3) is 0.0339. The lowest BCUT2D eigenvalue weighted by Crippen LogP contribution is -2.32. The van der Waals surface area contributed by atoms with E-state index in [-0.39, 0.29) is 0 Å². The molecule has 0 fully saturated rings. The van der Waals surface area contributed by atoms with Gasteiger partial charge in [-0.1, -0.05) is 176 Å². The van der Waals surface area contributed by atoms with Crippen LogP contribution in [-0.4, -0.2) is 15.0 Å². The molecule has 12 rings (SSSR count). The second-order valence-electron chi connectivity index (χ2n) is 16.4. The third-order valence-electron chi connectivity index (χ3n) is 12.7. The minimum atomic E-state index is -0.667. The Balaban J connectivity index is 1.07. The minimum absolute atomic E-state index is 0.667. The first-order chi connectivity index (χ1) is 31.1. The number of rotatable bonds is 6. The maximum Gasteiger partial charge on any atom is 0.160 e. The van der Waals surface area contributed by atoms with Crippen LogP contribution in [0.1, 0.15) is 27.8 Å². The Morgan fingerprint density at radius 3 is 1.62 bits per heavy atom. The molecule has 296 valence electrons. The van der Waals surface area contributed by atoms with Crippen LogP contribution in [0.2, 0.25) is 0 Å². The van der Waals surface area contributed by atoms with Crippen LogP contribution in [-0.2, 0) is 5.41 Å². The lowest BCUT2D eigenvalue weighted by molar-refractivity contribution is 0.436. The Morgan fingerprint density at radius 2 is 0.921 bits per heavy atom. The van der Waals surface area contributed by atoms with Crippen molar-refractivity contribution in [2.24, 2.45) is 0 Å². The largest absolute Gasteiger partial charge is 0.457 e. The van der Waals surface area contributed by atoms with Crippen molar-refractivity contribution in [2.75, 3.05) is 0 Å². The van der Waals surface area contributed by atoms with Crippen LogP contribution < -0.4 is 4.74 Å². The number of aromatic nitrogens is 3. The summed E-state index contributed by atoms with van der Waals surface area (Å²) in [7, 11) is 0. The summed E-state index contributed by atoms with van der Waals surface area (Å²) in [6.45, 7) is 2.11. The quantitative estimate of drug-likeness (QED) is 0.168. The summed E-state index contributed by atoms with van der Waals surface area (Å²) >= 11 is 0. The first-order valence-electron chi connectivity index (χ1n) is 21.4. The number of pyridine rings is 1. The highest BCUT2D eigenvalue weighted by molar-refractivity contribution is 5.98. The fourth-order valence-electron chi connectivity index (χ4n) is 9.89. The number of para-hydroxylation sites is 2. The average Bonchev–Trinajstić information content (AvgIpc) is 3.64. The molecule has 8 aromatic carbocycles. The number of aryl methyl sites for hydroxylation is 1. The summed E-state index contributed by atoms with van der Waals surface area (Å²) in [4.78, 5) is 15.1. The molecule has 0 amide bonds. The molecule has 0 atom stereocenters. The van der Waals surface area contributed by atoms with Gasteiger partial charge in [-0.05, 0) is 93.4 Å². The fourth-order valence-corrected chi connectivity index (χ4v) is 9.89. The van der Waals surface area contributed by atoms with Gasteiger partial charge in [0.1, 0.15) is 11.5 Å². The number of hydrogen-bond donors (Lipinski definition) is 0. The van der Waals surface area contributed by atoms with Gasteiger partial charge in [-0.15, -0.1) is 0 Å². The number of nitrogens with zero attached hydrogens (tertiary/aromatic N) is 3.